The maximum atomic E-state index is 9.50. The SMILES string of the molecule is CCCCCNc1ccc(-c2ccnc(Nc3nc(C)cs3)n2)cc1C#N. The first-order valence-corrected chi connectivity index (χ1v) is 9.88. The fourth-order valence-electron chi connectivity index (χ4n) is 2.64. The summed E-state index contributed by atoms with van der Waals surface area (Å²) in [4.78, 5) is 13.2. The number of nitrogens with one attached hydrogen (secondary N) is 2. The van der Waals surface area contributed by atoms with Crippen molar-refractivity contribution in [2.75, 3.05) is 17.2 Å². The van der Waals surface area contributed by atoms with Crippen LogP contribution in [0, 0.1) is 18.3 Å². The number of nitrogens with zero attached hydrogens (tertiary/aromatic N) is 4. The quantitative estimate of drug-likeness (QED) is 0.529. The van der Waals surface area contributed by atoms with Crippen LogP contribution >= 0.6 is 11.3 Å². The molecule has 3 rings (SSSR count). The molecule has 0 bridgehead atoms. The summed E-state index contributed by atoms with van der Waals surface area (Å²) in [7, 11) is 0. The molecule has 6 nitrogen and oxygen atoms in total. The summed E-state index contributed by atoms with van der Waals surface area (Å²) in [5.74, 6) is 0.488. The smallest absolute Gasteiger partial charge is 0.229 e. The summed E-state index contributed by atoms with van der Waals surface area (Å²) in [6.07, 6.45) is 5.16. The van der Waals surface area contributed by atoms with E-state index in [2.05, 4.69) is 38.6 Å². The van der Waals surface area contributed by atoms with Crippen LogP contribution in [0.5, 0.6) is 0 Å². The van der Waals surface area contributed by atoms with E-state index in [4.69, 9.17) is 0 Å². The second-order valence-corrected chi connectivity index (χ2v) is 7.05. The van der Waals surface area contributed by atoms with Crippen LogP contribution in [-0.4, -0.2) is 21.5 Å². The molecular weight excluding hydrogens is 356 g/mol. The molecule has 0 spiro atoms. The number of hydrogen-bond acceptors (Lipinski definition) is 7. The highest BCUT2D eigenvalue weighted by Gasteiger charge is 2.08. The molecule has 2 heterocycles. The van der Waals surface area contributed by atoms with Crippen molar-refractivity contribution in [3.63, 3.8) is 0 Å². The molecule has 138 valence electrons. The second-order valence-electron chi connectivity index (χ2n) is 6.19. The predicted octanol–water partition coefficient (Wildman–Crippen LogP) is 5.13. The highest BCUT2D eigenvalue weighted by atomic mass is 32.1. The molecule has 27 heavy (non-hydrogen) atoms. The van der Waals surface area contributed by atoms with Crippen LogP contribution < -0.4 is 10.6 Å². The molecule has 0 aliphatic rings. The zero-order valence-corrected chi connectivity index (χ0v) is 16.3. The third-order valence-electron chi connectivity index (χ3n) is 4.02. The Morgan fingerprint density at radius 2 is 2.07 bits per heavy atom. The molecule has 3 aromatic rings. The van der Waals surface area contributed by atoms with Crippen molar-refractivity contribution in [3.05, 3.63) is 47.1 Å². The number of benzene rings is 1. The Labute approximate surface area is 163 Å². The van der Waals surface area contributed by atoms with E-state index in [1.807, 2.05) is 36.6 Å². The lowest BCUT2D eigenvalue weighted by molar-refractivity contribution is 0.743. The van der Waals surface area contributed by atoms with Gasteiger partial charge in [-0.25, -0.2) is 15.0 Å². The summed E-state index contributed by atoms with van der Waals surface area (Å²) >= 11 is 1.51. The number of anilines is 3. The molecule has 0 unspecified atom stereocenters. The van der Waals surface area contributed by atoms with Gasteiger partial charge >= 0.3 is 0 Å². The van der Waals surface area contributed by atoms with Crippen molar-refractivity contribution < 1.29 is 0 Å². The molecule has 0 amide bonds. The molecule has 2 aromatic heterocycles. The zero-order valence-electron chi connectivity index (χ0n) is 15.5. The average molecular weight is 379 g/mol. The van der Waals surface area contributed by atoms with E-state index < -0.39 is 0 Å². The number of aromatic nitrogens is 3. The second kappa shape index (κ2) is 9.10. The molecule has 0 atom stereocenters. The number of aryl methyl sites for hydroxylation is 1. The monoisotopic (exact) mass is 378 g/mol. The Bertz CT molecular complexity index is 944. The topological polar surface area (TPSA) is 86.5 Å². The number of hydrogen-bond donors (Lipinski definition) is 2. The first-order chi connectivity index (χ1) is 13.2. The minimum atomic E-state index is 0.488. The number of unbranched alkanes of at least 4 members (excludes halogenated alkanes) is 2. The van der Waals surface area contributed by atoms with E-state index >= 15 is 0 Å². The van der Waals surface area contributed by atoms with E-state index in [0.717, 1.165) is 40.7 Å². The van der Waals surface area contributed by atoms with E-state index in [0.29, 0.717) is 11.5 Å². The molecule has 0 saturated heterocycles. The Kier molecular flexibility index (Phi) is 6.34. The van der Waals surface area contributed by atoms with Crippen LogP contribution in [0.15, 0.2) is 35.8 Å². The minimum Gasteiger partial charge on any atom is -0.384 e. The lowest BCUT2D eigenvalue weighted by Gasteiger charge is -2.10. The van der Waals surface area contributed by atoms with Gasteiger partial charge < -0.3 is 10.6 Å². The molecule has 7 heteroatoms. The summed E-state index contributed by atoms with van der Waals surface area (Å²) < 4.78 is 0. The normalized spacial score (nSPS) is 10.4. The first-order valence-electron chi connectivity index (χ1n) is 9.00. The van der Waals surface area contributed by atoms with Crippen molar-refractivity contribution >= 4 is 28.1 Å². The third-order valence-corrected chi connectivity index (χ3v) is 4.90. The molecule has 1 aromatic carbocycles. The maximum Gasteiger partial charge on any atom is 0.229 e. The highest BCUT2D eigenvalue weighted by molar-refractivity contribution is 7.13. The van der Waals surface area contributed by atoms with Crippen LogP contribution in [0.25, 0.3) is 11.3 Å². The Morgan fingerprint density at radius 3 is 2.81 bits per heavy atom. The van der Waals surface area contributed by atoms with Crippen LogP contribution in [0.2, 0.25) is 0 Å². The third kappa shape index (κ3) is 5.02. The molecule has 2 N–H and O–H groups in total. The van der Waals surface area contributed by atoms with Gasteiger partial charge in [0.05, 0.1) is 22.6 Å². The number of nitriles is 1. The standard InChI is InChI=1S/C20H22N6S/c1-3-4-5-9-22-17-7-6-15(11-16(17)12-21)18-8-10-23-19(25-18)26-20-24-14(2)13-27-20/h6-8,10-11,13,22H,3-5,9H2,1-2H3,(H,23,24,25,26). The summed E-state index contributed by atoms with van der Waals surface area (Å²) in [5, 5.41) is 18.7. The lowest BCUT2D eigenvalue weighted by Crippen LogP contribution is -2.03. The van der Waals surface area contributed by atoms with Crippen LogP contribution in [0.1, 0.15) is 37.4 Å². The first kappa shape index (κ1) is 18.8. The van der Waals surface area contributed by atoms with Gasteiger partial charge in [0, 0.05) is 23.7 Å². The maximum absolute atomic E-state index is 9.50. The van der Waals surface area contributed by atoms with E-state index in [9.17, 15) is 5.26 Å². The van der Waals surface area contributed by atoms with Crippen molar-refractivity contribution in [2.24, 2.45) is 0 Å². The highest BCUT2D eigenvalue weighted by Crippen LogP contribution is 2.25. The average Bonchev–Trinajstić information content (AvgIpc) is 3.10. The lowest BCUT2D eigenvalue weighted by atomic mass is 10.1. The molecule has 0 fully saturated rings. The Hall–Kier alpha value is -2.98. The van der Waals surface area contributed by atoms with Gasteiger partial charge in [0.2, 0.25) is 5.95 Å². The van der Waals surface area contributed by atoms with Gasteiger partial charge in [-0.15, -0.1) is 11.3 Å². The van der Waals surface area contributed by atoms with E-state index in [1.165, 1.54) is 24.2 Å². The van der Waals surface area contributed by atoms with Crippen molar-refractivity contribution in [1.29, 1.82) is 5.26 Å². The van der Waals surface area contributed by atoms with Gasteiger partial charge in [0.25, 0.3) is 0 Å². The van der Waals surface area contributed by atoms with Crippen molar-refractivity contribution in [2.45, 2.75) is 33.1 Å². The number of rotatable bonds is 8. The fraction of sp³-hybridized carbons (Fsp3) is 0.300. The van der Waals surface area contributed by atoms with E-state index in [1.54, 1.807) is 6.20 Å². The van der Waals surface area contributed by atoms with Crippen LogP contribution in [0.4, 0.5) is 16.8 Å². The molecule has 0 aliphatic carbocycles. The Balaban J connectivity index is 1.77. The minimum absolute atomic E-state index is 0.488. The molecule has 0 saturated carbocycles. The van der Waals surface area contributed by atoms with Gasteiger partial charge in [0.1, 0.15) is 6.07 Å². The summed E-state index contributed by atoms with van der Waals surface area (Å²) in [6, 6.07) is 9.89. The fourth-order valence-corrected chi connectivity index (χ4v) is 3.32. The molecule has 0 aliphatic heterocycles. The van der Waals surface area contributed by atoms with Crippen molar-refractivity contribution in [3.8, 4) is 17.3 Å². The molecule has 0 radical (unpaired) electrons. The molecular formula is C20H22N6S. The number of thiazole rings is 1. The zero-order chi connectivity index (χ0) is 19.1. The summed E-state index contributed by atoms with van der Waals surface area (Å²) in [5.41, 5.74) is 4.08. The largest absolute Gasteiger partial charge is 0.384 e. The van der Waals surface area contributed by atoms with Gasteiger partial charge in [-0.1, -0.05) is 25.8 Å². The predicted molar refractivity (Wildman–Crippen MR) is 110 cm³/mol. The van der Waals surface area contributed by atoms with Crippen LogP contribution in [0.3, 0.4) is 0 Å². The van der Waals surface area contributed by atoms with Crippen LogP contribution in [-0.2, 0) is 0 Å². The van der Waals surface area contributed by atoms with Gasteiger partial charge in [-0.05, 0) is 31.5 Å². The van der Waals surface area contributed by atoms with Gasteiger partial charge in [-0.3, -0.25) is 0 Å². The van der Waals surface area contributed by atoms with E-state index in [-0.39, 0.29) is 0 Å². The Morgan fingerprint density at radius 1 is 1.19 bits per heavy atom. The van der Waals surface area contributed by atoms with Crippen molar-refractivity contribution in [1.82, 2.24) is 15.0 Å². The van der Waals surface area contributed by atoms with Gasteiger partial charge in [0.15, 0.2) is 5.13 Å². The summed E-state index contributed by atoms with van der Waals surface area (Å²) in [6.45, 7) is 4.99. The van der Waals surface area contributed by atoms with Gasteiger partial charge in [-0.2, -0.15) is 5.26 Å².